The molecule has 0 spiro atoms. The Balaban J connectivity index is 1.77. The van der Waals surface area contributed by atoms with Gasteiger partial charge in [-0.1, -0.05) is 13.8 Å². The topological polar surface area (TPSA) is 62.3 Å². The molecular formula is C17H19F2N3O2S2. The minimum Gasteiger partial charge on any atom is -0.354 e. The van der Waals surface area contributed by atoms with Crippen molar-refractivity contribution in [1.29, 1.82) is 0 Å². The zero-order valence-electron chi connectivity index (χ0n) is 14.3. The van der Waals surface area contributed by atoms with Crippen LogP contribution in [0.1, 0.15) is 13.8 Å². The third kappa shape index (κ3) is 4.27. The summed E-state index contributed by atoms with van der Waals surface area (Å²) in [5.41, 5.74) is -0.0521. The molecule has 1 aliphatic heterocycles. The van der Waals surface area contributed by atoms with E-state index in [2.05, 4.69) is 28.5 Å². The number of thioether (sulfide) groups is 1. The summed E-state index contributed by atoms with van der Waals surface area (Å²) < 4.78 is 53.2. The highest BCUT2D eigenvalue weighted by Gasteiger charge is 2.24. The van der Waals surface area contributed by atoms with Crippen LogP contribution in [0.2, 0.25) is 0 Å². The maximum Gasteiger partial charge on any atom is 0.263 e. The van der Waals surface area contributed by atoms with Gasteiger partial charge in [0.2, 0.25) is 0 Å². The van der Waals surface area contributed by atoms with Gasteiger partial charge in [-0.05, 0) is 24.3 Å². The highest BCUT2D eigenvalue weighted by Crippen LogP contribution is 2.28. The van der Waals surface area contributed by atoms with Crippen LogP contribution in [-0.2, 0) is 10.0 Å². The van der Waals surface area contributed by atoms with Gasteiger partial charge in [-0.15, -0.1) is 0 Å². The second-order valence-corrected chi connectivity index (χ2v) is 9.81. The van der Waals surface area contributed by atoms with E-state index >= 15 is 0 Å². The zero-order valence-corrected chi connectivity index (χ0v) is 15.9. The molecule has 0 bridgehead atoms. The van der Waals surface area contributed by atoms with Crippen LogP contribution in [0.4, 0.5) is 20.3 Å². The van der Waals surface area contributed by atoms with Crippen molar-refractivity contribution in [2.24, 2.45) is 0 Å². The lowest BCUT2D eigenvalue weighted by Crippen LogP contribution is -2.40. The van der Waals surface area contributed by atoms with Crippen molar-refractivity contribution in [3.63, 3.8) is 0 Å². The molecule has 140 valence electrons. The molecule has 1 aromatic carbocycles. The Hall–Kier alpha value is -1.87. The van der Waals surface area contributed by atoms with Crippen LogP contribution in [0.15, 0.2) is 41.4 Å². The molecule has 2 heterocycles. The molecule has 5 nitrogen and oxygen atoms in total. The molecule has 1 aliphatic rings. The van der Waals surface area contributed by atoms with Crippen LogP contribution in [0.3, 0.4) is 0 Å². The number of hydrogen-bond donors (Lipinski definition) is 1. The van der Waals surface area contributed by atoms with Gasteiger partial charge >= 0.3 is 0 Å². The Morgan fingerprint density at radius 1 is 1.12 bits per heavy atom. The third-order valence-corrected chi connectivity index (χ3v) is 6.54. The van der Waals surface area contributed by atoms with Crippen molar-refractivity contribution in [3.8, 4) is 0 Å². The van der Waals surface area contributed by atoms with Gasteiger partial charge in [-0.2, -0.15) is 11.8 Å². The molecule has 1 aromatic heterocycles. The average molecular weight is 399 g/mol. The van der Waals surface area contributed by atoms with E-state index in [0.717, 1.165) is 37.1 Å². The molecule has 0 aliphatic carbocycles. The second kappa shape index (κ2) is 7.40. The van der Waals surface area contributed by atoms with Crippen LogP contribution in [0, 0.1) is 11.6 Å². The van der Waals surface area contributed by atoms with Crippen LogP contribution < -0.4 is 9.62 Å². The lowest BCUT2D eigenvalue weighted by molar-refractivity contribution is 0.509. The van der Waals surface area contributed by atoms with Gasteiger partial charge in [0.05, 0.1) is 5.69 Å². The summed E-state index contributed by atoms with van der Waals surface area (Å²) in [6, 6.07) is 5.94. The number of sulfonamides is 1. The Morgan fingerprint density at radius 3 is 2.38 bits per heavy atom. The Labute approximate surface area is 155 Å². The molecule has 9 heteroatoms. The SMILES string of the molecule is CC1CN(c2ccc(S(=O)(=O)Nc3ccc(F)c(F)c3)cn2)CC(C)S1. The van der Waals surface area contributed by atoms with Crippen molar-refractivity contribution < 1.29 is 17.2 Å². The van der Waals surface area contributed by atoms with Crippen LogP contribution in [-0.4, -0.2) is 37.0 Å². The van der Waals surface area contributed by atoms with Crippen molar-refractivity contribution in [2.45, 2.75) is 29.2 Å². The molecule has 26 heavy (non-hydrogen) atoms. The number of aromatic nitrogens is 1. The van der Waals surface area contributed by atoms with Crippen molar-refractivity contribution in [3.05, 3.63) is 48.2 Å². The van der Waals surface area contributed by atoms with E-state index in [-0.39, 0.29) is 10.6 Å². The minimum atomic E-state index is -3.94. The maximum atomic E-state index is 13.2. The van der Waals surface area contributed by atoms with E-state index in [1.54, 1.807) is 6.07 Å². The van der Waals surface area contributed by atoms with Crippen LogP contribution >= 0.6 is 11.8 Å². The number of anilines is 2. The zero-order chi connectivity index (χ0) is 18.9. The fraction of sp³-hybridized carbons (Fsp3) is 0.353. The number of nitrogens with one attached hydrogen (secondary N) is 1. The Morgan fingerprint density at radius 2 is 1.81 bits per heavy atom. The van der Waals surface area contributed by atoms with E-state index in [1.165, 1.54) is 12.3 Å². The van der Waals surface area contributed by atoms with Gasteiger partial charge in [0, 0.05) is 35.9 Å². The largest absolute Gasteiger partial charge is 0.354 e. The lowest BCUT2D eigenvalue weighted by Gasteiger charge is -2.35. The number of benzene rings is 1. The van der Waals surface area contributed by atoms with Gasteiger partial charge < -0.3 is 4.90 Å². The average Bonchev–Trinajstić information content (AvgIpc) is 2.57. The first-order chi connectivity index (χ1) is 12.2. The molecule has 1 fully saturated rings. The number of halogens is 2. The van der Waals surface area contributed by atoms with E-state index in [4.69, 9.17) is 0 Å². The third-order valence-electron chi connectivity index (χ3n) is 3.95. The molecule has 1 saturated heterocycles. The molecular weight excluding hydrogens is 380 g/mol. The monoisotopic (exact) mass is 399 g/mol. The summed E-state index contributed by atoms with van der Waals surface area (Å²) in [5.74, 6) is -1.44. The van der Waals surface area contributed by atoms with Crippen molar-refractivity contribution in [1.82, 2.24) is 4.98 Å². The van der Waals surface area contributed by atoms with Crippen LogP contribution in [0.25, 0.3) is 0 Å². The molecule has 3 rings (SSSR count). The van der Waals surface area contributed by atoms with Gasteiger partial charge in [0.25, 0.3) is 10.0 Å². The first kappa shape index (κ1) is 18.9. The number of rotatable bonds is 4. The fourth-order valence-corrected chi connectivity index (χ4v) is 5.18. The van der Waals surface area contributed by atoms with Gasteiger partial charge in [-0.3, -0.25) is 4.72 Å². The van der Waals surface area contributed by atoms with Crippen molar-refractivity contribution >= 4 is 33.3 Å². The van der Waals surface area contributed by atoms with E-state index in [0.29, 0.717) is 10.5 Å². The quantitative estimate of drug-likeness (QED) is 0.853. The fourth-order valence-electron chi connectivity index (χ4n) is 2.86. The van der Waals surface area contributed by atoms with E-state index in [1.807, 2.05) is 11.8 Å². The van der Waals surface area contributed by atoms with E-state index < -0.39 is 21.7 Å². The first-order valence-corrected chi connectivity index (χ1v) is 10.5. The van der Waals surface area contributed by atoms with Gasteiger partial charge in [0.1, 0.15) is 10.7 Å². The summed E-state index contributed by atoms with van der Waals surface area (Å²) >= 11 is 1.92. The minimum absolute atomic E-state index is 0.0431. The smallest absolute Gasteiger partial charge is 0.263 e. The van der Waals surface area contributed by atoms with E-state index in [9.17, 15) is 17.2 Å². The molecule has 0 amide bonds. The molecule has 2 atom stereocenters. The molecule has 1 N–H and O–H groups in total. The highest BCUT2D eigenvalue weighted by molar-refractivity contribution is 8.00. The normalized spacial score (nSPS) is 20.8. The highest BCUT2D eigenvalue weighted by atomic mass is 32.2. The summed E-state index contributed by atoms with van der Waals surface area (Å²) in [7, 11) is -3.94. The number of pyridine rings is 1. The predicted octanol–water partition coefficient (Wildman–Crippen LogP) is 3.49. The number of hydrogen-bond acceptors (Lipinski definition) is 5. The predicted molar refractivity (Wildman–Crippen MR) is 100 cm³/mol. The molecule has 2 unspecified atom stereocenters. The lowest BCUT2D eigenvalue weighted by atomic mass is 10.3. The summed E-state index contributed by atoms with van der Waals surface area (Å²) in [4.78, 5) is 6.36. The Kier molecular flexibility index (Phi) is 5.38. The van der Waals surface area contributed by atoms with Gasteiger partial charge in [-0.25, -0.2) is 22.2 Å². The maximum absolute atomic E-state index is 13.2. The first-order valence-electron chi connectivity index (χ1n) is 8.09. The number of nitrogens with zero attached hydrogens (tertiary/aromatic N) is 2. The summed E-state index contributed by atoms with van der Waals surface area (Å²) in [6.45, 7) is 6.00. The second-order valence-electron chi connectivity index (χ2n) is 6.25. The standard InChI is InChI=1S/C17H19F2N3O2S2/c1-11-9-22(10-12(2)25-11)17-6-4-14(8-20-17)26(23,24)21-13-3-5-15(18)16(19)7-13/h3-8,11-12,21H,9-10H2,1-2H3. The van der Waals surface area contributed by atoms with Crippen LogP contribution in [0.5, 0.6) is 0 Å². The molecule has 2 aromatic rings. The van der Waals surface area contributed by atoms with Gasteiger partial charge in [0.15, 0.2) is 11.6 Å². The summed E-state index contributed by atoms with van der Waals surface area (Å²) in [6.07, 6.45) is 1.27. The Bertz CT molecular complexity index is 881. The van der Waals surface area contributed by atoms with Crippen molar-refractivity contribution in [2.75, 3.05) is 22.7 Å². The summed E-state index contributed by atoms with van der Waals surface area (Å²) in [5, 5.41) is 0.943. The molecule has 0 radical (unpaired) electrons. The molecule has 0 saturated carbocycles.